The Hall–Kier alpha value is -3.72. The van der Waals surface area contributed by atoms with Crippen LogP contribution in [0, 0.1) is 0 Å². The van der Waals surface area contributed by atoms with Crippen molar-refractivity contribution in [2.45, 2.75) is 25.3 Å². The number of nitrogens with one attached hydrogen (secondary N) is 1. The highest BCUT2D eigenvalue weighted by molar-refractivity contribution is 7.91. The van der Waals surface area contributed by atoms with Gasteiger partial charge in [-0.2, -0.15) is 0 Å². The normalized spacial score (nSPS) is 11.5. The van der Waals surface area contributed by atoms with Crippen molar-refractivity contribution >= 4 is 26.8 Å². The van der Waals surface area contributed by atoms with E-state index in [1.54, 1.807) is 43.3 Å². The molecule has 8 nitrogen and oxygen atoms in total. The molecule has 0 aliphatic rings. The second-order valence-electron chi connectivity index (χ2n) is 7.63. The number of ether oxygens (including phenoxy) is 1. The number of aromatic amines is 1. The van der Waals surface area contributed by atoms with Crippen molar-refractivity contribution in [2.24, 2.45) is 0 Å². The summed E-state index contributed by atoms with van der Waals surface area (Å²) in [6, 6.07) is 15.6. The number of hydrogen-bond acceptors (Lipinski definition) is 6. The van der Waals surface area contributed by atoms with Crippen LogP contribution in [0.25, 0.3) is 22.6 Å². The van der Waals surface area contributed by atoms with E-state index in [0.717, 1.165) is 11.1 Å². The van der Waals surface area contributed by atoms with Crippen LogP contribution in [0.3, 0.4) is 0 Å². The molecule has 0 fully saturated rings. The molecule has 4 rings (SSSR count). The Morgan fingerprint density at radius 3 is 2.52 bits per heavy atom. The maximum absolute atomic E-state index is 12.1. The molecule has 2 aromatic carbocycles. The van der Waals surface area contributed by atoms with E-state index in [1.165, 1.54) is 19.1 Å². The van der Waals surface area contributed by atoms with Gasteiger partial charge in [-0.1, -0.05) is 13.0 Å². The van der Waals surface area contributed by atoms with Gasteiger partial charge in [0.1, 0.15) is 17.2 Å². The minimum atomic E-state index is -3.29. The number of nitrogens with zero attached hydrogens (tertiary/aromatic N) is 3. The maximum Gasteiger partial charge on any atom is 0.219 e. The first kappa shape index (κ1) is 22.5. The largest absolute Gasteiger partial charge is 0.457 e. The lowest BCUT2D eigenvalue weighted by Crippen LogP contribution is -2.23. The third kappa shape index (κ3) is 4.88. The average molecular weight is 465 g/mol. The second-order valence-corrected chi connectivity index (χ2v) is 9.91. The van der Waals surface area contributed by atoms with Crippen molar-refractivity contribution < 1.29 is 17.9 Å². The molecule has 0 saturated heterocycles. The topological polar surface area (TPSA) is 105 Å². The second kappa shape index (κ2) is 9.03. The molecule has 2 aromatic heterocycles. The van der Waals surface area contributed by atoms with Crippen molar-refractivity contribution in [1.82, 2.24) is 19.9 Å². The summed E-state index contributed by atoms with van der Waals surface area (Å²) in [5.74, 6) is 1.59. The first-order valence-corrected chi connectivity index (χ1v) is 12.1. The lowest BCUT2D eigenvalue weighted by molar-refractivity contribution is -0.128. The number of benzene rings is 2. The molecule has 2 heterocycles. The fourth-order valence-electron chi connectivity index (χ4n) is 3.30. The van der Waals surface area contributed by atoms with E-state index < -0.39 is 9.84 Å². The quantitative estimate of drug-likeness (QED) is 0.440. The number of sulfone groups is 1. The van der Waals surface area contributed by atoms with Crippen LogP contribution in [0.5, 0.6) is 11.5 Å². The molecule has 0 unspecified atom stereocenters. The van der Waals surface area contributed by atoms with E-state index in [2.05, 4.69) is 15.0 Å². The van der Waals surface area contributed by atoms with Gasteiger partial charge in [0.15, 0.2) is 15.7 Å². The summed E-state index contributed by atoms with van der Waals surface area (Å²) in [4.78, 5) is 25.9. The monoisotopic (exact) mass is 464 g/mol. The van der Waals surface area contributed by atoms with Crippen molar-refractivity contribution in [3.05, 3.63) is 66.4 Å². The van der Waals surface area contributed by atoms with E-state index in [1.807, 2.05) is 24.3 Å². The summed E-state index contributed by atoms with van der Waals surface area (Å²) in [5, 5.41) is 0. The van der Waals surface area contributed by atoms with Crippen LogP contribution < -0.4 is 4.74 Å². The molecule has 0 spiro atoms. The molecular formula is C24H24N4O4S. The number of aromatic nitrogens is 3. The highest BCUT2D eigenvalue weighted by atomic mass is 32.2. The van der Waals surface area contributed by atoms with Crippen LogP contribution in [0.15, 0.2) is 65.7 Å². The Labute approximate surface area is 192 Å². The van der Waals surface area contributed by atoms with Crippen LogP contribution in [0.1, 0.15) is 19.4 Å². The van der Waals surface area contributed by atoms with Gasteiger partial charge in [-0.3, -0.25) is 9.78 Å². The lowest BCUT2D eigenvalue weighted by atomic mass is 10.1. The fraction of sp³-hybridized carbons (Fsp3) is 0.208. The number of H-pyrrole nitrogens is 1. The predicted octanol–water partition coefficient (Wildman–Crippen LogP) is 4.19. The predicted molar refractivity (Wildman–Crippen MR) is 126 cm³/mol. The summed E-state index contributed by atoms with van der Waals surface area (Å²) >= 11 is 0. The Kier molecular flexibility index (Phi) is 6.15. The maximum atomic E-state index is 12.1. The van der Waals surface area contributed by atoms with Gasteiger partial charge in [-0.15, -0.1) is 0 Å². The average Bonchev–Trinajstić information content (AvgIpc) is 3.23. The van der Waals surface area contributed by atoms with Crippen LogP contribution in [0.4, 0.5) is 0 Å². The highest BCUT2D eigenvalue weighted by Gasteiger charge is 2.16. The van der Waals surface area contributed by atoms with Gasteiger partial charge < -0.3 is 14.6 Å². The van der Waals surface area contributed by atoms with Gasteiger partial charge >= 0.3 is 0 Å². The molecular weight excluding hydrogens is 440 g/mol. The molecule has 0 aliphatic heterocycles. The van der Waals surface area contributed by atoms with Crippen LogP contribution in [0.2, 0.25) is 0 Å². The van der Waals surface area contributed by atoms with Gasteiger partial charge in [0, 0.05) is 38.3 Å². The molecule has 1 N–H and O–H groups in total. The molecule has 0 radical (unpaired) electrons. The standard InChI is InChI=1S/C24H24N4O4S/c1-4-33(30,31)19-10-8-18(9-11-19)32-23-14-22-21(13-17(23)15-28(3)16(2)29)26-24(27-22)20-7-5-6-12-25-20/h5-14H,4,15H2,1-3H3,(H,26,27). The number of imidazole rings is 1. The number of carbonyl (C=O) groups is 1. The molecule has 1 amide bonds. The minimum absolute atomic E-state index is 0.0309. The highest BCUT2D eigenvalue weighted by Crippen LogP contribution is 2.32. The van der Waals surface area contributed by atoms with Crippen molar-refractivity contribution in [2.75, 3.05) is 12.8 Å². The molecule has 33 heavy (non-hydrogen) atoms. The molecule has 0 bridgehead atoms. The molecule has 0 saturated carbocycles. The number of pyridine rings is 1. The molecule has 0 aliphatic carbocycles. The van der Waals surface area contributed by atoms with Gasteiger partial charge in [0.05, 0.1) is 21.7 Å². The summed E-state index contributed by atoms with van der Waals surface area (Å²) in [7, 11) is -1.58. The molecule has 0 atom stereocenters. The van der Waals surface area contributed by atoms with Crippen molar-refractivity contribution in [1.29, 1.82) is 0 Å². The SMILES string of the molecule is CCS(=O)(=O)c1ccc(Oc2cc3nc(-c4ccccn4)[nH]c3cc2CN(C)C(C)=O)cc1. The zero-order valence-corrected chi connectivity index (χ0v) is 19.4. The van der Waals surface area contributed by atoms with Gasteiger partial charge in [0.25, 0.3) is 0 Å². The number of fused-ring (bicyclic) bond motifs is 1. The third-order valence-electron chi connectivity index (χ3n) is 5.31. The summed E-state index contributed by atoms with van der Waals surface area (Å²) in [6.45, 7) is 3.44. The van der Waals surface area contributed by atoms with Gasteiger partial charge in [-0.25, -0.2) is 13.4 Å². The number of carbonyl (C=O) groups excluding carboxylic acids is 1. The molecule has 170 valence electrons. The summed E-state index contributed by atoms with van der Waals surface area (Å²) < 4.78 is 30.3. The first-order valence-electron chi connectivity index (χ1n) is 10.4. The van der Waals surface area contributed by atoms with Crippen molar-refractivity contribution in [3.8, 4) is 23.0 Å². The molecule has 9 heteroatoms. The Balaban J connectivity index is 1.73. The van der Waals surface area contributed by atoms with Crippen molar-refractivity contribution in [3.63, 3.8) is 0 Å². The van der Waals surface area contributed by atoms with Gasteiger partial charge in [-0.05, 0) is 42.5 Å². The Bertz CT molecular complexity index is 1400. The van der Waals surface area contributed by atoms with Crippen LogP contribution >= 0.6 is 0 Å². The van der Waals surface area contributed by atoms with Crippen LogP contribution in [-0.4, -0.2) is 47.0 Å². The van der Waals surface area contributed by atoms with Gasteiger partial charge in [0.2, 0.25) is 5.91 Å². The van der Waals surface area contributed by atoms with Crippen LogP contribution in [-0.2, 0) is 21.2 Å². The molecule has 4 aromatic rings. The number of hydrogen-bond donors (Lipinski definition) is 1. The first-order chi connectivity index (χ1) is 15.8. The van der Waals surface area contributed by atoms with E-state index in [-0.39, 0.29) is 16.6 Å². The Morgan fingerprint density at radius 1 is 1.12 bits per heavy atom. The van der Waals surface area contributed by atoms with E-state index >= 15 is 0 Å². The fourth-order valence-corrected chi connectivity index (χ4v) is 4.18. The van der Waals surface area contributed by atoms with E-state index in [4.69, 9.17) is 4.74 Å². The number of rotatable bonds is 7. The van der Waals surface area contributed by atoms with E-state index in [9.17, 15) is 13.2 Å². The summed E-state index contributed by atoms with van der Waals surface area (Å²) in [5.41, 5.74) is 2.97. The van der Waals surface area contributed by atoms with E-state index in [0.29, 0.717) is 35.1 Å². The number of amides is 1. The zero-order chi connectivity index (χ0) is 23.6. The third-order valence-corrected chi connectivity index (χ3v) is 7.06. The smallest absolute Gasteiger partial charge is 0.219 e. The zero-order valence-electron chi connectivity index (χ0n) is 18.6. The lowest BCUT2D eigenvalue weighted by Gasteiger charge is -2.18. The minimum Gasteiger partial charge on any atom is -0.457 e. The Morgan fingerprint density at radius 2 is 1.88 bits per heavy atom. The summed E-state index contributed by atoms with van der Waals surface area (Å²) in [6.07, 6.45) is 1.70.